The molecule has 15 nitrogen and oxygen atoms in total. The number of anilines is 2. The number of amides is 3. The van der Waals surface area contributed by atoms with Crippen molar-refractivity contribution in [2.24, 2.45) is 0 Å². The van der Waals surface area contributed by atoms with E-state index < -0.39 is 101 Å². The van der Waals surface area contributed by atoms with Crippen molar-refractivity contribution in [1.29, 1.82) is 0 Å². The molecule has 0 bridgehead atoms. The Morgan fingerprint density at radius 1 is 0.966 bits per heavy atom. The van der Waals surface area contributed by atoms with Crippen molar-refractivity contribution in [3.05, 3.63) is 66.0 Å². The SMILES string of the molecule is C=CCOC(=O)NS(=O)(=O)N(CC(=O)OC(C)(C)C)c1c(OCc2ccccc2)cc2c(c1F)C[C@H](CN(CCCC(F)F)C(=O)OC(C)(C)C)N2C(=O)OC(C)(C)C. The number of carbonyl (C=O) groups is 4. The molecule has 0 aromatic heterocycles. The summed E-state index contributed by atoms with van der Waals surface area (Å²) in [7, 11) is -5.22. The molecule has 3 rings (SSSR count). The lowest BCUT2D eigenvalue weighted by atomic mass is 10.1. The zero-order valence-corrected chi connectivity index (χ0v) is 35.8. The maximum absolute atomic E-state index is 17.6. The fourth-order valence-corrected chi connectivity index (χ4v) is 6.80. The van der Waals surface area contributed by atoms with Crippen LogP contribution in [0.5, 0.6) is 5.75 Å². The van der Waals surface area contributed by atoms with Crippen molar-refractivity contribution in [3.8, 4) is 5.75 Å². The summed E-state index contributed by atoms with van der Waals surface area (Å²) in [4.78, 5) is 55.6. The highest BCUT2D eigenvalue weighted by molar-refractivity contribution is 7.91. The van der Waals surface area contributed by atoms with E-state index in [9.17, 15) is 36.4 Å². The van der Waals surface area contributed by atoms with Gasteiger partial charge in [0.1, 0.15) is 48.0 Å². The van der Waals surface area contributed by atoms with Crippen LogP contribution in [0.3, 0.4) is 0 Å². The third-order valence-electron chi connectivity index (χ3n) is 7.89. The van der Waals surface area contributed by atoms with Gasteiger partial charge >= 0.3 is 34.5 Å². The number of hydrogen-bond acceptors (Lipinski definition) is 11. The van der Waals surface area contributed by atoms with Crippen molar-refractivity contribution in [2.75, 3.05) is 35.4 Å². The van der Waals surface area contributed by atoms with E-state index in [4.69, 9.17) is 23.7 Å². The first-order valence-electron chi connectivity index (χ1n) is 18.8. The number of nitrogens with zero attached hydrogens (tertiary/aromatic N) is 3. The number of ether oxygens (including phenoxy) is 5. The minimum absolute atomic E-state index is 0.140. The summed E-state index contributed by atoms with van der Waals surface area (Å²) >= 11 is 0. The summed E-state index contributed by atoms with van der Waals surface area (Å²) in [5.74, 6) is -2.91. The zero-order valence-electron chi connectivity index (χ0n) is 34.9. The average molecular weight is 857 g/mol. The van der Waals surface area contributed by atoms with Gasteiger partial charge in [-0.05, 0) is 74.3 Å². The van der Waals surface area contributed by atoms with Gasteiger partial charge in [-0.15, -0.1) is 0 Å². The van der Waals surface area contributed by atoms with Gasteiger partial charge < -0.3 is 28.6 Å². The third-order valence-corrected chi connectivity index (χ3v) is 9.20. The molecular formula is C40H55F3N4O11S. The van der Waals surface area contributed by atoms with Crippen LogP contribution in [0.4, 0.5) is 38.9 Å². The normalized spacial score (nSPS) is 14.3. The second kappa shape index (κ2) is 19.7. The first kappa shape index (κ1) is 48.2. The molecule has 0 unspecified atom stereocenters. The molecule has 19 heteroatoms. The molecule has 0 spiro atoms. The van der Waals surface area contributed by atoms with Crippen LogP contribution in [0.15, 0.2) is 49.1 Å². The standard InChI is InChI=1S/C40H55F3N4O11S/c1-11-20-54-35(49)44-59(52,53)46(24-32(48)56-38(2,3)4)34-30(55-25-26-16-13-12-14-17-26)22-29-28(33(34)43)21-27(47(29)37(51)58-40(8,9)10)23-45(19-15-18-31(41)42)36(50)57-39(5,6)7/h11-14,16-17,22,27,31H,1,15,18-21,23-25H2,2-10H3,(H,44,49)/t27-/m1/s1. The lowest BCUT2D eigenvalue weighted by Crippen LogP contribution is -2.49. The van der Waals surface area contributed by atoms with Gasteiger partial charge in [0, 0.05) is 37.6 Å². The third kappa shape index (κ3) is 14.8. The summed E-state index contributed by atoms with van der Waals surface area (Å²) in [6.45, 7) is 15.2. The molecule has 0 saturated carbocycles. The Labute approximate surface area is 343 Å². The molecule has 328 valence electrons. The number of halogens is 3. The summed E-state index contributed by atoms with van der Waals surface area (Å²) < 4.78 is 102. The number of rotatable bonds is 16. The molecule has 1 aliphatic rings. The van der Waals surface area contributed by atoms with E-state index in [0.717, 1.165) is 9.80 Å². The van der Waals surface area contributed by atoms with E-state index in [0.29, 0.717) is 5.56 Å². The summed E-state index contributed by atoms with van der Waals surface area (Å²) in [5, 5.41) is 0. The van der Waals surface area contributed by atoms with Gasteiger partial charge in [-0.25, -0.2) is 36.6 Å². The number of hydrogen-bond donors (Lipinski definition) is 1. The second-order valence-corrected chi connectivity index (χ2v) is 18.2. The van der Waals surface area contributed by atoms with E-state index in [1.54, 1.807) is 76.6 Å². The summed E-state index contributed by atoms with van der Waals surface area (Å²) in [6.07, 6.45) is -5.89. The van der Waals surface area contributed by atoms with E-state index in [2.05, 4.69) is 6.58 Å². The van der Waals surface area contributed by atoms with Crippen LogP contribution in [0.25, 0.3) is 0 Å². The Bertz CT molecular complexity index is 1930. The van der Waals surface area contributed by atoms with Gasteiger partial charge in [-0.1, -0.05) is 43.0 Å². The number of fused-ring (bicyclic) bond motifs is 1. The Morgan fingerprint density at radius 3 is 2.14 bits per heavy atom. The molecule has 0 aliphatic carbocycles. The van der Waals surface area contributed by atoms with Gasteiger partial charge in [0.15, 0.2) is 5.82 Å². The van der Waals surface area contributed by atoms with Gasteiger partial charge in [-0.3, -0.25) is 9.69 Å². The molecular weight excluding hydrogens is 802 g/mol. The monoisotopic (exact) mass is 856 g/mol. The molecule has 0 fully saturated rings. The van der Waals surface area contributed by atoms with E-state index in [1.165, 1.54) is 32.9 Å². The molecule has 3 amide bonds. The lowest BCUT2D eigenvalue weighted by Gasteiger charge is -2.33. The number of alkyl halides is 2. The topological polar surface area (TPSA) is 170 Å². The van der Waals surface area contributed by atoms with Crippen LogP contribution in [-0.2, 0) is 47.0 Å². The summed E-state index contributed by atoms with van der Waals surface area (Å²) in [5.41, 5.74) is -3.88. The van der Waals surface area contributed by atoms with Crippen molar-refractivity contribution in [3.63, 3.8) is 0 Å². The van der Waals surface area contributed by atoms with Crippen LogP contribution < -0.4 is 18.7 Å². The molecule has 2 aromatic rings. The highest BCUT2D eigenvalue weighted by Gasteiger charge is 2.44. The highest BCUT2D eigenvalue weighted by atomic mass is 32.2. The predicted octanol–water partition coefficient (Wildman–Crippen LogP) is 7.66. The van der Waals surface area contributed by atoms with E-state index >= 15 is 4.39 Å². The fraction of sp³-hybridized carbons (Fsp3) is 0.550. The Kier molecular flexibility index (Phi) is 16.1. The Hall–Kier alpha value is -5.20. The number of carbonyl (C=O) groups excluding carboxylic acids is 4. The molecule has 0 saturated heterocycles. The van der Waals surface area contributed by atoms with Gasteiger partial charge in [-0.2, -0.15) is 8.42 Å². The van der Waals surface area contributed by atoms with Crippen LogP contribution in [-0.4, -0.2) is 93.1 Å². The molecule has 1 aliphatic heterocycles. The van der Waals surface area contributed by atoms with Gasteiger partial charge in [0.2, 0.25) is 6.43 Å². The number of nitrogens with one attached hydrogen (secondary N) is 1. The highest BCUT2D eigenvalue weighted by Crippen LogP contribution is 2.46. The zero-order chi connectivity index (χ0) is 44.5. The van der Waals surface area contributed by atoms with Crippen molar-refractivity contribution < 1.29 is 64.5 Å². The predicted molar refractivity (Wildman–Crippen MR) is 213 cm³/mol. The molecule has 1 N–H and O–H groups in total. The number of esters is 1. The maximum Gasteiger partial charge on any atom is 0.422 e. The van der Waals surface area contributed by atoms with E-state index in [-0.39, 0.29) is 48.1 Å². The fourth-order valence-electron chi connectivity index (χ4n) is 5.73. The van der Waals surface area contributed by atoms with Crippen LogP contribution in [0, 0.1) is 5.82 Å². The van der Waals surface area contributed by atoms with Crippen LogP contribution in [0.1, 0.15) is 86.3 Å². The minimum Gasteiger partial charge on any atom is -0.487 e. The Balaban J connectivity index is 2.33. The molecule has 59 heavy (non-hydrogen) atoms. The van der Waals surface area contributed by atoms with Gasteiger partial charge in [0.25, 0.3) is 0 Å². The summed E-state index contributed by atoms with van der Waals surface area (Å²) in [6, 6.07) is 8.55. The minimum atomic E-state index is -5.22. The van der Waals surface area contributed by atoms with Crippen LogP contribution >= 0.6 is 0 Å². The van der Waals surface area contributed by atoms with Gasteiger partial charge in [0.05, 0.1) is 11.7 Å². The van der Waals surface area contributed by atoms with Crippen molar-refractivity contribution in [2.45, 2.75) is 117 Å². The van der Waals surface area contributed by atoms with Crippen molar-refractivity contribution in [1.82, 2.24) is 9.62 Å². The maximum atomic E-state index is 17.6. The van der Waals surface area contributed by atoms with Crippen molar-refractivity contribution >= 4 is 45.8 Å². The quantitative estimate of drug-likeness (QED) is 0.0999. The van der Waals surface area contributed by atoms with E-state index in [1.807, 2.05) is 0 Å². The first-order chi connectivity index (χ1) is 27.2. The average Bonchev–Trinajstić information content (AvgIpc) is 3.44. The Morgan fingerprint density at radius 2 is 1.58 bits per heavy atom. The van der Waals surface area contributed by atoms with Crippen LogP contribution in [0.2, 0.25) is 0 Å². The first-order valence-corrected chi connectivity index (χ1v) is 20.3. The smallest absolute Gasteiger partial charge is 0.422 e. The molecule has 1 atom stereocenters. The number of benzene rings is 2. The second-order valence-electron chi connectivity index (χ2n) is 16.6. The molecule has 1 heterocycles. The molecule has 2 aromatic carbocycles. The molecule has 0 radical (unpaired) electrons. The largest absolute Gasteiger partial charge is 0.487 e. The lowest BCUT2D eigenvalue weighted by molar-refractivity contribution is -0.152.